The molecular formula is C26H23N9O4. The molecule has 39 heavy (non-hydrogen) atoms. The molecule has 13 heteroatoms. The van der Waals surface area contributed by atoms with E-state index in [1.54, 1.807) is 36.4 Å². The van der Waals surface area contributed by atoms with Gasteiger partial charge in [-0.1, -0.05) is 12.1 Å². The molecule has 196 valence electrons. The van der Waals surface area contributed by atoms with E-state index >= 15 is 0 Å². The van der Waals surface area contributed by atoms with Gasteiger partial charge in [0.15, 0.2) is 0 Å². The summed E-state index contributed by atoms with van der Waals surface area (Å²) in [5, 5.41) is 21.8. The standard InChI is InChI=1S/C26H23N9O4/c1-2-39-24(36)21-15-29-25(33-23(21)18-4-6-19(7-5-18)34-16-31-32-17-34)27-13-11-26(10-3-12-30-26)22-9-8-20(14-28-22)35(37)38/h3-10,12,14-17H,2,11,13H2,1H3,(H,27,29,33). The minimum absolute atomic E-state index is 0.0877. The van der Waals surface area contributed by atoms with Crippen molar-refractivity contribution in [3.8, 4) is 16.9 Å². The number of ether oxygens (including phenoxy) is 1. The number of hydrogen-bond acceptors (Lipinski definition) is 11. The number of anilines is 1. The number of esters is 1. The second kappa shape index (κ2) is 11.0. The summed E-state index contributed by atoms with van der Waals surface area (Å²) >= 11 is 0. The number of aliphatic imine (C=N–C) groups is 1. The van der Waals surface area contributed by atoms with E-state index in [1.807, 2.05) is 36.4 Å². The zero-order valence-electron chi connectivity index (χ0n) is 20.8. The maximum atomic E-state index is 12.6. The number of nitrogens with one attached hydrogen (secondary N) is 1. The van der Waals surface area contributed by atoms with E-state index in [4.69, 9.17) is 4.74 Å². The van der Waals surface area contributed by atoms with Gasteiger partial charge in [0.25, 0.3) is 5.69 Å². The molecule has 0 aliphatic carbocycles. The molecule has 0 spiro atoms. The van der Waals surface area contributed by atoms with Crippen LogP contribution in [0.1, 0.15) is 29.4 Å². The average molecular weight is 526 g/mol. The molecule has 1 aliphatic rings. The minimum Gasteiger partial charge on any atom is -0.462 e. The van der Waals surface area contributed by atoms with Crippen LogP contribution in [0.3, 0.4) is 0 Å². The highest BCUT2D eigenvalue weighted by Crippen LogP contribution is 2.33. The van der Waals surface area contributed by atoms with Crippen molar-refractivity contribution in [3.05, 3.63) is 95.0 Å². The zero-order valence-corrected chi connectivity index (χ0v) is 20.8. The first-order valence-corrected chi connectivity index (χ1v) is 12.1. The SMILES string of the molecule is CCOC(=O)c1cnc(NCCC2(c3ccc([N+](=O)[O-])cn3)C=CC=N2)nc1-c1ccc(-n2cnnc2)cc1. The van der Waals surface area contributed by atoms with Gasteiger partial charge in [-0.15, -0.1) is 10.2 Å². The van der Waals surface area contributed by atoms with Gasteiger partial charge in [0.05, 0.1) is 22.9 Å². The van der Waals surface area contributed by atoms with Gasteiger partial charge in [-0.05, 0) is 43.7 Å². The number of nitrogens with zero attached hydrogens (tertiary/aromatic N) is 8. The Morgan fingerprint density at radius 3 is 2.54 bits per heavy atom. The van der Waals surface area contributed by atoms with E-state index in [0.29, 0.717) is 35.9 Å². The molecule has 0 saturated carbocycles. The molecule has 1 aromatic carbocycles. The Balaban J connectivity index is 1.37. The van der Waals surface area contributed by atoms with Crippen molar-refractivity contribution >= 4 is 23.8 Å². The van der Waals surface area contributed by atoms with Crippen LogP contribution >= 0.6 is 0 Å². The van der Waals surface area contributed by atoms with E-state index in [-0.39, 0.29) is 17.9 Å². The van der Waals surface area contributed by atoms with Gasteiger partial charge in [0.1, 0.15) is 30.0 Å². The molecule has 1 aliphatic heterocycles. The summed E-state index contributed by atoms with van der Waals surface area (Å²) < 4.78 is 6.98. The Morgan fingerprint density at radius 2 is 1.90 bits per heavy atom. The third-order valence-corrected chi connectivity index (χ3v) is 6.10. The molecule has 4 aromatic rings. The van der Waals surface area contributed by atoms with Crippen molar-refractivity contribution in [2.24, 2.45) is 4.99 Å². The fourth-order valence-electron chi connectivity index (χ4n) is 4.13. The summed E-state index contributed by atoms with van der Waals surface area (Å²) in [6.07, 6.45) is 11.7. The van der Waals surface area contributed by atoms with Crippen LogP contribution in [0, 0.1) is 10.1 Å². The largest absolute Gasteiger partial charge is 0.462 e. The number of pyridine rings is 1. The number of allylic oxidation sites excluding steroid dienone is 1. The van der Waals surface area contributed by atoms with E-state index in [0.717, 1.165) is 5.69 Å². The van der Waals surface area contributed by atoms with E-state index < -0.39 is 16.4 Å². The molecule has 0 fully saturated rings. The van der Waals surface area contributed by atoms with Crippen molar-refractivity contribution in [3.63, 3.8) is 0 Å². The van der Waals surface area contributed by atoms with Crippen LogP contribution in [0.15, 0.2) is 78.6 Å². The summed E-state index contributed by atoms with van der Waals surface area (Å²) in [7, 11) is 0. The number of hydrogen-bond donors (Lipinski definition) is 1. The maximum Gasteiger partial charge on any atom is 0.341 e. The van der Waals surface area contributed by atoms with Gasteiger partial charge >= 0.3 is 5.97 Å². The van der Waals surface area contributed by atoms with Crippen LogP contribution in [0.5, 0.6) is 0 Å². The van der Waals surface area contributed by atoms with Crippen molar-refractivity contribution in [2.45, 2.75) is 18.9 Å². The summed E-state index contributed by atoms with van der Waals surface area (Å²) in [6.45, 7) is 2.36. The van der Waals surface area contributed by atoms with Crippen LogP contribution in [-0.2, 0) is 10.3 Å². The van der Waals surface area contributed by atoms with Gasteiger partial charge in [-0.25, -0.2) is 14.8 Å². The second-order valence-electron chi connectivity index (χ2n) is 8.49. The molecule has 13 nitrogen and oxygen atoms in total. The summed E-state index contributed by atoms with van der Waals surface area (Å²) in [5.74, 6) is -0.200. The molecule has 0 bridgehead atoms. The second-order valence-corrected chi connectivity index (χ2v) is 8.49. The molecule has 4 heterocycles. The molecule has 1 unspecified atom stereocenters. The summed E-state index contributed by atoms with van der Waals surface area (Å²) in [6, 6.07) is 10.5. The summed E-state index contributed by atoms with van der Waals surface area (Å²) in [4.78, 5) is 41.0. The monoisotopic (exact) mass is 525 g/mol. The van der Waals surface area contributed by atoms with Gasteiger partial charge in [-0.3, -0.25) is 24.7 Å². The van der Waals surface area contributed by atoms with Gasteiger partial charge in [0, 0.05) is 36.3 Å². The predicted octanol–water partition coefficient (Wildman–Crippen LogP) is 3.54. The lowest BCUT2D eigenvalue weighted by Crippen LogP contribution is -2.25. The highest BCUT2D eigenvalue weighted by molar-refractivity contribution is 5.96. The van der Waals surface area contributed by atoms with E-state index in [9.17, 15) is 14.9 Å². The Morgan fingerprint density at radius 1 is 1.10 bits per heavy atom. The van der Waals surface area contributed by atoms with E-state index in [2.05, 4.69) is 35.5 Å². The molecule has 0 amide bonds. The average Bonchev–Trinajstić information content (AvgIpc) is 3.67. The Labute approximate surface area is 222 Å². The van der Waals surface area contributed by atoms with Crippen LogP contribution in [0.25, 0.3) is 16.9 Å². The van der Waals surface area contributed by atoms with Gasteiger partial charge < -0.3 is 10.1 Å². The Bertz CT molecular complexity index is 1520. The lowest BCUT2D eigenvalue weighted by molar-refractivity contribution is -0.385. The smallest absolute Gasteiger partial charge is 0.341 e. The maximum absolute atomic E-state index is 12.6. The molecule has 0 saturated heterocycles. The minimum atomic E-state index is -0.770. The van der Waals surface area contributed by atoms with Crippen LogP contribution in [-0.4, -0.2) is 60.0 Å². The fraction of sp³-hybridized carbons (Fsp3) is 0.192. The van der Waals surface area contributed by atoms with Gasteiger partial charge in [0.2, 0.25) is 5.95 Å². The quantitative estimate of drug-likeness (QED) is 0.184. The third-order valence-electron chi connectivity index (χ3n) is 6.10. The summed E-state index contributed by atoms with van der Waals surface area (Å²) in [5.41, 5.74) is 1.96. The molecule has 1 atom stereocenters. The fourth-order valence-corrected chi connectivity index (χ4v) is 4.13. The number of carbonyl (C=O) groups is 1. The van der Waals surface area contributed by atoms with Crippen molar-refractivity contribution in [2.75, 3.05) is 18.5 Å². The first-order chi connectivity index (χ1) is 19.0. The molecule has 5 rings (SSSR count). The van der Waals surface area contributed by atoms with Crippen molar-refractivity contribution in [1.82, 2.24) is 29.7 Å². The number of rotatable bonds is 10. The number of aromatic nitrogens is 6. The molecule has 1 N–H and O–H groups in total. The number of benzene rings is 1. The first kappa shape index (κ1) is 25.3. The first-order valence-electron chi connectivity index (χ1n) is 12.1. The van der Waals surface area contributed by atoms with Crippen LogP contribution < -0.4 is 5.32 Å². The molecular weight excluding hydrogens is 502 g/mol. The van der Waals surface area contributed by atoms with Gasteiger partial charge in [-0.2, -0.15) is 0 Å². The zero-order chi connectivity index (χ0) is 27.2. The normalized spacial score (nSPS) is 15.8. The molecule has 0 radical (unpaired) electrons. The third kappa shape index (κ3) is 5.37. The van der Waals surface area contributed by atoms with Crippen molar-refractivity contribution < 1.29 is 14.5 Å². The lowest BCUT2D eigenvalue weighted by atomic mass is 9.92. The highest BCUT2D eigenvalue weighted by Gasteiger charge is 2.32. The van der Waals surface area contributed by atoms with Crippen LogP contribution in [0.2, 0.25) is 0 Å². The van der Waals surface area contributed by atoms with Crippen molar-refractivity contribution in [1.29, 1.82) is 0 Å². The predicted molar refractivity (Wildman–Crippen MR) is 142 cm³/mol. The lowest BCUT2D eigenvalue weighted by Gasteiger charge is -2.23. The number of nitro groups is 1. The highest BCUT2D eigenvalue weighted by atomic mass is 16.6. The molecule has 3 aromatic heterocycles. The topological polar surface area (TPSA) is 163 Å². The Hall–Kier alpha value is -5.33. The Kier molecular flexibility index (Phi) is 7.12. The van der Waals surface area contributed by atoms with Crippen LogP contribution in [0.4, 0.5) is 11.6 Å². The van der Waals surface area contributed by atoms with E-state index in [1.165, 1.54) is 18.5 Å². The number of carbonyl (C=O) groups excluding carboxylic acids is 1.